The first-order valence-corrected chi connectivity index (χ1v) is 23.7. The number of hydrogen-bond donors (Lipinski definition) is 11. The first kappa shape index (κ1) is 52.7. The Morgan fingerprint density at radius 2 is 1.57 bits per heavy atom. The first-order valence-electron chi connectivity index (χ1n) is 22.7. The molecule has 3 aliphatic rings. The minimum atomic E-state index is -1.68. The highest BCUT2D eigenvalue weighted by molar-refractivity contribution is 7.99. The normalized spacial score (nSPS) is 26.0. The molecular formula is C44H63N11O12S. The molecule has 68 heavy (non-hydrogen) atoms. The number of fused-ring (bicyclic) bond motifs is 5. The number of nitrogens with two attached hydrogens (primary N) is 1. The van der Waals surface area contributed by atoms with Gasteiger partial charge in [-0.25, -0.2) is 0 Å². The zero-order valence-corrected chi connectivity index (χ0v) is 39.6. The fourth-order valence-electron chi connectivity index (χ4n) is 8.14. The molecule has 2 aromatic rings. The molecule has 1 fully saturated rings. The summed E-state index contributed by atoms with van der Waals surface area (Å²) in [4.78, 5) is 142. The Morgan fingerprint density at radius 3 is 2.26 bits per heavy atom. The summed E-state index contributed by atoms with van der Waals surface area (Å²) < 4.78 is 4.85. The van der Waals surface area contributed by atoms with E-state index < -0.39 is 121 Å². The maximum Gasteiger partial charge on any atom is 0.308 e. The van der Waals surface area contributed by atoms with Crippen molar-refractivity contribution < 1.29 is 57.8 Å². The molecule has 1 aromatic carbocycles. The highest BCUT2D eigenvalue weighted by Gasteiger charge is 2.44. The summed E-state index contributed by atoms with van der Waals surface area (Å²) in [7, 11) is 1.08. The second kappa shape index (κ2) is 24.1. The maximum atomic E-state index is 14.5. The third-order valence-electron chi connectivity index (χ3n) is 12.5. The molecule has 0 saturated carbocycles. The Morgan fingerprint density at radius 1 is 0.868 bits per heavy atom. The zero-order valence-electron chi connectivity index (χ0n) is 38.8. The molecule has 0 radical (unpaired) electrons. The van der Waals surface area contributed by atoms with Crippen LogP contribution in [0.4, 0.5) is 5.69 Å². The molecule has 1 saturated heterocycles. The number of esters is 1. The Bertz CT molecular complexity index is 2260. The molecule has 0 unspecified atom stereocenters. The molecule has 4 heterocycles. The number of anilines is 1. The summed E-state index contributed by atoms with van der Waals surface area (Å²) in [6.07, 6.45) is -1.56. The number of hydrogen-bond acceptors (Lipinski definition) is 14. The van der Waals surface area contributed by atoms with Crippen LogP contribution in [-0.2, 0) is 59.1 Å². The Labute approximate surface area is 397 Å². The van der Waals surface area contributed by atoms with E-state index in [9.17, 15) is 53.1 Å². The summed E-state index contributed by atoms with van der Waals surface area (Å²) in [5.41, 5.74) is 6.87. The van der Waals surface area contributed by atoms with Gasteiger partial charge in [-0.2, -0.15) is 0 Å². The predicted octanol–water partition coefficient (Wildman–Crippen LogP) is -2.36. The number of carbonyl (C=O) groups excluding carboxylic acids is 10. The molecule has 372 valence electrons. The van der Waals surface area contributed by atoms with Gasteiger partial charge in [-0.1, -0.05) is 40.5 Å². The average Bonchev–Trinajstić information content (AvgIpc) is 3.87. The summed E-state index contributed by atoms with van der Waals surface area (Å²) >= 11 is 1.01. The van der Waals surface area contributed by atoms with Crippen molar-refractivity contribution in [3.63, 3.8) is 0 Å². The summed E-state index contributed by atoms with van der Waals surface area (Å²) in [5.74, 6) is -9.59. The van der Waals surface area contributed by atoms with E-state index in [-0.39, 0.29) is 56.5 Å². The van der Waals surface area contributed by atoms with Crippen LogP contribution in [0.15, 0.2) is 23.2 Å². The zero-order chi connectivity index (χ0) is 49.8. The number of aromatic nitrogens is 1. The molecule has 2 bridgehead atoms. The molecule has 1 aromatic heterocycles. The van der Waals surface area contributed by atoms with Crippen LogP contribution >= 0.6 is 11.8 Å². The Balaban J connectivity index is 1.71. The van der Waals surface area contributed by atoms with Gasteiger partial charge in [0.1, 0.15) is 30.2 Å². The fourth-order valence-corrected chi connectivity index (χ4v) is 9.26. The Kier molecular flexibility index (Phi) is 18.7. The maximum absolute atomic E-state index is 14.5. The molecule has 0 aliphatic carbocycles. The van der Waals surface area contributed by atoms with E-state index in [0.717, 1.165) is 23.8 Å². The lowest BCUT2D eigenvalue weighted by Crippen LogP contribution is -2.60. The highest BCUT2D eigenvalue weighted by Crippen LogP contribution is 2.34. The van der Waals surface area contributed by atoms with Crippen molar-refractivity contribution in [2.45, 2.75) is 108 Å². The summed E-state index contributed by atoms with van der Waals surface area (Å²) in [6, 6.07) is -2.39. The quantitative estimate of drug-likeness (QED) is 0.117. The number of amides is 9. The van der Waals surface area contributed by atoms with E-state index in [0.29, 0.717) is 40.0 Å². The van der Waals surface area contributed by atoms with Gasteiger partial charge in [-0.05, 0) is 35.6 Å². The standard InChI is InChI=1S/C44H63N11O12S/c1-6-21(3)27-16-46-34(58)17-48-39(62)29-14-26-25-12-23(49-33(57)10-11-45)8-9-28(25)53-43(26)68-20-31(50-35(59)18-47-38(27)61)40(63)52-30(15-36(60)67-5)44(66)55-19-24(56)13-32(55)41(64)54-37(22(4)7-2)42(65)51-29/h8-9,12,21-22,24,27,29-32,37,53,56H,6-7,10-11,13-20,45H2,1-5H3,(H,46,58)(H,47,61)(H,48,62)(H,49,57)(H,50,59)(H,51,65)(H,52,63)(H,54,64)/t21-,22-,24-,27-,29-,30-,31-,32-,37-/m0/s1. The summed E-state index contributed by atoms with van der Waals surface area (Å²) in [5, 5.41) is 32.9. The van der Waals surface area contributed by atoms with Crippen molar-refractivity contribution in [1.29, 1.82) is 0 Å². The highest BCUT2D eigenvalue weighted by atomic mass is 32.2. The lowest BCUT2D eigenvalue weighted by Gasteiger charge is -2.31. The predicted molar refractivity (Wildman–Crippen MR) is 247 cm³/mol. The molecule has 3 aliphatic heterocycles. The number of aromatic amines is 1. The van der Waals surface area contributed by atoms with Gasteiger partial charge in [-0.3, -0.25) is 47.9 Å². The third kappa shape index (κ3) is 13.5. The molecule has 0 spiro atoms. The van der Waals surface area contributed by atoms with Gasteiger partial charge < -0.3 is 68.0 Å². The topological polar surface area (TPSA) is 341 Å². The lowest BCUT2D eigenvalue weighted by molar-refractivity contribution is -0.148. The number of rotatable bonds is 9. The van der Waals surface area contributed by atoms with Crippen LogP contribution < -0.4 is 48.3 Å². The summed E-state index contributed by atoms with van der Waals surface area (Å²) in [6.45, 7) is 5.48. The van der Waals surface area contributed by atoms with Gasteiger partial charge in [0.2, 0.25) is 53.2 Å². The van der Waals surface area contributed by atoms with E-state index >= 15 is 0 Å². The number of aliphatic hydroxyl groups is 1. The van der Waals surface area contributed by atoms with Crippen LogP contribution in [0.5, 0.6) is 0 Å². The Hall–Kier alpha value is -6.27. The van der Waals surface area contributed by atoms with Crippen LogP contribution in [0, 0.1) is 17.8 Å². The lowest BCUT2D eigenvalue weighted by atomic mass is 9.90. The van der Waals surface area contributed by atoms with Crippen molar-refractivity contribution in [1.82, 2.24) is 47.1 Å². The van der Waals surface area contributed by atoms with Crippen LogP contribution in [-0.4, -0.2) is 156 Å². The smallest absolute Gasteiger partial charge is 0.308 e. The number of nitrogens with one attached hydrogen (secondary N) is 9. The van der Waals surface area contributed by atoms with Gasteiger partial charge >= 0.3 is 5.97 Å². The van der Waals surface area contributed by atoms with Crippen LogP contribution in [0.2, 0.25) is 0 Å². The SMILES string of the molecule is CC[C@H](C)[C@@H]1CNC(=O)CNC(=O)[C@@H]2Cc3c([nH]c4ccc(NC(=O)CCN)cc34)SC[C@H](NC(=O)CNC1=O)C(=O)N[C@@H](CC(=O)OC)C(=O)N1C[C@@H](O)C[C@H]1C(=O)N[C@@H]([C@@H](C)CC)C(=O)N2. The molecule has 12 N–H and O–H groups in total. The van der Waals surface area contributed by atoms with Crippen molar-refractivity contribution >= 4 is 87.5 Å². The molecule has 5 rings (SSSR count). The number of aliphatic hydroxyl groups excluding tert-OH is 1. The molecule has 24 heteroatoms. The number of methoxy groups -OCH3 is 1. The minimum absolute atomic E-state index is 0.0253. The molecular weight excluding hydrogens is 907 g/mol. The van der Waals surface area contributed by atoms with E-state index in [4.69, 9.17) is 10.5 Å². The number of carbonyl (C=O) groups is 10. The molecule has 9 amide bonds. The van der Waals surface area contributed by atoms with Crippen molar-refractivity contribution in [2.24, 2.45) is 23.5 Å². The van der Waals surface area contributed by atoms with E-state index in [1.807, 2.05) is 6.92 Å². The van der Waals surface area contributed by atoms with Gasteiger partial charge in [0, 0.05) is 61.2 Å². The van der Waals surface area contributed by atoms with Crippen molar-refractivity contribution in [2.75, 3.05) is 50.9 Å². The van der Waals surface area contributed by atoms with Crippen molar-refractivity contribution in [3.8, 4) is 0 Å². The van der Waals surface area contributed by atoms with Crippen LogP contribution in [0.3, 0.4) is 0 Å². The van der Waals surface area contributed by atoms with E-state index in [1.165, 1.54) is 0 Å². The van der Waals surface area contributed by atoms with Gasteiger partial charge in [0.25, 0.3) is 0 Å². The van der Waals surface area contributed by atoms with Crippen LogP contribution in [0.25, 0.3) is 10.9 Å². The average molecular weight is 970 g/mol. The third-order valence-corrected chi connectivity index (χ3v) is 13.7. The second-order valence-electron chi connectivity index (χ2n) is 17.3. The number of ether oxygens (including phenoxy) is 1. The number of thioether (sulfide) groups is 1. The van der Waals surface area contributed by atoms with Gasteiger partial charge in [-0.15, -0.1) is 11.8 Å². The minimum Gasteiger partial charge on any atom is -0.469 e. The number of nitrogens with zero attached hydrogens (tertiary/aromatic N) is 1. The monoisotopic (exact) mass is 969 g/mol. The first-order chi connectivity index (χ1) is 32.4. The number of H-pyrrole nitrogens is 1. The molecule has 23 nitrogen and oxygen atoms in total. The fraction of sp³-hybridized carbons (Fsp3) is 0.591. The van der Waals surface area contributed by atoms with Crippen LogP contribution in [0.1, 0.15) is 65.4 Å². The van der Waals surface area contributed by atoms with E-state index in [1.54, 1.807) is 39.0 Å². The van der Waals surface area contributed by atoms with Crippen molar-refractivity contribution in [3.05, 3.63) is 23.8 Å². The largest absolute Gasteiger partial charge is 0.469 e. The van der Waals surface area contributed by atoms with Gasteiger partial charge in [0.05, 0.1) is 43.7 Å². The number of benzene rings is 1. The van der Waals surface area contributed by atoms with Gasteiger partial charge in [0.15, 0.2) is 0 Å². The van der Waals surface area contributed by atoms with E-state index in [2.05, 4.69) is 47.5 Å². The molecule has 9 atom stereocenters. The second-order valence-corrected chi connectivity index (χ2v) is 18.3.